The third-order valence-electron chi connectivity index (χ3n) is 7.51. The fourth-order valence-electron chi connectivity index (χ4n) is 5.63. The van der Waals surface area contributed by atoms with Gasteiger partial charge in [0, 0.05) is 29.4 Å². The van der Waals surface area contributed by atoms with Crippen molar-refractivity contribution in [3.8, 4) is 0 Å². The molecule has 188 valence electrons. The number of carbonyl (C=O) groups excluding carboxylic acids is 2. The van der Waals surface area contributed by atoms with Crippen LogP contribution in [0.15, 0.2) is 35.2 Å². The molecule has 1 N–H and O–H groups in total. The molecule has 2 fully saturated rings. The van der Waals surface area contributed by atoms with Crippen molar-refractivity contribution in [3.63, 3.8) is 0 Å². The first-order valence-electron chi connectivity index (χ1n) is 12.9. The van der Waals surface area contributed by atoms with Crippen LogP contribution in [0.1, 0.15) is 72.2 Å². The Kier molecular flexibility index (Phi) is 7.32. The molecule has 2 aliphatic heterocycles. The van der Waals surface area contributed by atoms with Crippen LogP contribution in [0, 0.1) is 0 Å². The van der Waals surface area contributed by atoms with E-state index in [2.05, 4.69) is 11.2 Å². The highest BCUT2D eigenvalue weighted by atomic mass is 32.2. The quantitative estimate of drug-likeness (QED) is 0.464. The zero-order valence-corrected chi connectivity index (χ0v) is 21.9. The lowest BCUT2D eigenvalue weighted by Gasteiger charge is -2.28. The minimum Gasteiger partial charge on any atom is -0.339 e. The molecule has 1 aromatic carbocycles. The van der Waals surface area contributed by atoms with Crippen molar-refractivity contribution < 1.29 is 13.8 Å². The smallest absolute Gasteiger partial charge is 0.257 e. The number of fused-ring (bicyclic) bond motifs is 1. The van der Waals surface area contributed by atoms with Crippen molar-refractivity contribution in [1.82, 2.24) is 9.21 Å². The van der Waals surface area contributed by atoms with E-state index in [1.54, 1.807) is 15.6 Å². The maximum atomic E-state index is 13.7. The van der Waals surface area contributed by atoms with E-state index in [1.807, 2.05) is 35.2 Å². The van der Waals surface area contributed by atoms with Crippen molar-refractivity contribution in [2.45, 2.75) is 75.1 Å². The maximum Gasteiger partial charge on any atom is 0.257 e. The molecule has 35 heavy (non-hydrogen) atoms. The van der Waals surface area contributed by atoms with Crippen molar-refractivity contribution >= 4 is 43.7 Å². The number of benzene rings is 1. The van der Waals surface area contributed by atoms with Gasteiger partial charge in [0.2, 0.25) is 5.91 Å². The van der Waals surface area contributed by atoms with E-state index in [0.717, 1.165) is 63.6 Å². The summed E-state index contributed by atoms with van der Waals surface area (Å²) in [5.74, 6) is 3.93. The number of likely N-dealkylation sites (tertiary alicyclic amines) is 1. The van der Waals surface area contributed by atoms with Crippen LogP contribution in [0.2, 0.25) is 0 Å². The summed E-state index contributed by atoms with van der Waals surface area (Å²) >= 11 is 1.57. The number of amides is 2. The van der Waals surface area contributed by atoms with Gasteiger partial charge in [0.1, 0.15) is 11.0 Å². The van der Waals surface area contributed by atoms with Gasteiger partial charge in [-0.25, -0.2) is 8.51 Å². The lowest BCUT2D eigenvalue weighted by Crippen LogP contribution is -2.43. The van der Waals surface area contributed by atoms with E-state index in [0.29, 0.717) is 28.4 Å². The fourth-order valence-corrected chi connectivity index (χ4v) is 8.80. The van der Waals surface area contributed by atoms with Gasteiger partial charge in [0.25, 0.3) is 5.91 Å². The minimum atomic E-state index is -2.78. The second kappa shape index (κ2) is 10.4. The molecule has 1 unspecified atom stereocenters. The SMILES string of the molecule is C=S(=O)(c1ccccc1)N1CCC[C@H]1C(=O)Nc1sc2c(c1C(=O)N1CCCCC1)CCCCC2. The molecule has 3 heterocycles. The van der Waals surface area contributed by atoms with Gasteiger partial charge in [-0.2, -0.15) is 0 Å². The van der Waals surface area contributed by atoms with E-state index in [9.17, 15) is 13.8 Å². The van der Waals surface area contributed by atoms with Crippen LogP contribution in [0.3, 0.4) is 0 Å². The maximum absolute atomic E-state index is 13.7. The molecular weight excluding hydrogens is 478 g/mol. The average molecular weight is 514 g/mol. The summed E-state index contributed by atoms with van der Waals surface area (Å²) in [6.45, 7) is 2.14. The third-order valence-corrected chi connectivity index (χ3v) is 10.9. The van der Waals surface area contributed by atoms with Gasteiger partial charge in [-0.3, -0.25) is 9.59 Å². The molecule has 1 aromatic heterocycles. The van der Waals surface area contributed by atoms with Crippen LogP contribution in [-0.4, -0.2) is 56.8 Å². The molecule has 0 spiro atoms. The normalized spacial score (nSPS) is 22.7. The summed E-state index contributed by atoms with van der Waals surface area (Å²) in [7, 11) is -2.78. The predicted octanol–water partition coefficient (Wildman–Crippen LogP) is 4.74. The Balaban J connectivity index is 1.43. The number of nitrogens with one attached hydrogen (secondary N) is 1. The molecule has 2 amide bonds. The van der Waals surface area contributed by atoms with E-state index in [1.165, 1.54) is 17.7 Å². The van der Waals surface area contributed by atoms with Crippen LogP contribution in [0.25, 0.3) is 0 Å². The summed E-state index contributed by atoms with van der Waals surface area (Å²) in [5.41, 5.74) is 1.86. The lowest BCUT2D eigenvalue weighted by atomic mass is 10.0. The summed E-state index contributed by atoms with van der Waals surface area (Å²) in [4.78, 5) is 31.2. The van der Waals surface area contributed by atoms with Gasteiger partial charge < -0.3 is 10.2 Å². The first-order chi connectivity index (χ1) is 17.0. The van der Waals surface area contributed by atoms with Crippen LogP contribution in [0.5, 0.6) is 0 Å². The molecule has 5 rings (SSSR count). The molecule has 2 aromatic rings. The monoisotopic (exact) mass is 513 g/mol. The minimum absolute atomic E-state index is 0.0629. The Morgan fingerprint density at radius 1 is 0.943 bits per heavy atom. The van der Waals surface area contributed by atoms with Crippen molar-refractivity contribution in [1.29, 1.82) is 0 Å². The van der Waals surface area contributed by atoms with Gasteiger partial charge in [-0.1, -0.05) is 24.6 Å². The standard InChI is InChI=1S/C27H35N3O3S2/c1-35(33,20-12-5-2-6-13-20)30-19-11-15-22(30)25(31)28-26-24(27(32)29-17-9-4-10-18-29)21-14-7-3-8-16-23(21)34-26/h2,5-6,12-13,22H,1,3-4,7-11,14-19H2,(H,28,31)/t22-,35?/m0/s1. The number of thiophene rings is 1. The van der Waals surface area contributed by atoms with Crippen LogP contribution >= 0.6 is 11.3 Å². The molecule has 1 aliphatic carbocycles. The van der Waals surface area contributed by atoms with Crippen LogP contribution in [0.4, 0.5) is 5.00 Å². The van der Waals surface area contributed by atoms with Gasteiger partial charge in [-0.05, 0) is 81.4 Å². The Labute approximate surface area is 212 Å². The average Bonchev–Trinajstić information content (AvgIpc) is 3.44. The van der Waals surface area contributed by atoms with Gasteiger partial charge in [-0.15, -0.1) is 11.3 Å². The summed E-state index contributed by atoms with van der Waals surface area (Å²) in [6, 6.07) is 8.68. The zero-order chi connectivity index (χ0) is 24.4. The number of carbonyl (C=O) groups is 2. The molecule has 6 nitrogen and oxygen atoms in total. The largest absolute Gasteiger partial charge is 0.339 e. The highest BCUT2D eigenvalue weighted by molar-refractivity contribution is 7.98. The van der Waals surface area contributed by atoms with Crippen molar-refractivity contribution in [2.75, 3.05) is 25.0 Å². The Bertz CT molecular complexity index is 1180. The number of nitrogens with zero attached hydrogens (tertiary/aromatic N) is 2. The van der Waals surface area contributed by atoms with Crippen molar-refractivity contribution in [2.24, 2.45) is 0 Å². The van der Waals surface area contributed by atoms with E-state index < -0.39 is 15.7 Å². The number of piperidine rings is 1. The molecular formula is C27H35N3O3S2. The van der Waals surface area contributed by atoms with E-state index in [-0.39, 0.29) is 11.8 Å². The molecule has 0 saturated carbocycles. The first kappa shape index (κ1) is 24.5. The lowest BCUT2D eigenvalue weighted by molar-refractivity contribution is -0.119. The van der Waals surface area contributed by atoms with Gasteiger partial charge >= 0.3 is 0 Å². The van der Waals surface area contributed by atoms with Gasteiger partial charge in [0.05, 0.1) is 15.3 Å². The van der Waals surface area contributed by atoms with Crippen molar-refractivity contribution in [3.05, 3.63) is 46.3 Å². The highest BCUT2D eigenvalue weighted by Gasteiger charge is 2.38. The number of hydrogen-bond acceptors (Lipinski definition) is 4. The molecule has 3 aliphatic rings. The summed E-state index contributed by atoms with van der Waals surface area (Å²) < 4.78 is 15.5. The predicted molar refractivity (Wildman–Crippen MR) is 144 cm³/mol. The summed E-state index contributed by atoms with van der Waals surface area (Å²) in [5, 5.41) is 3.82. The fraction of sp³-hybridized carbons (Fsp3) is 0.519. The number of aryl methyl sites for hydroxylation is 1. The topological polar surface area (TPSA) is 69.7 Å². The molecule has 2 atom stereocenters. The Morgan fingerprint density at radius 3 is 2.43 bits per heavy atom. The second-order valence-electron chi connectivity index (χ2n) is 9.86. The molecule has 0 bridgehead atoms. The Hall–Kier alpha value is -2.16. The number of hydrogen-bond donors (Lipinski definition) is 1. The summed E-state index contributed by atoms with van der Waals surface area (Å²) in [6.07, 6.45) is 9.89. The first-order valence-corrected chi connectivity index (χ1v) is 15.4. The molecule has 0 radical (unpaired) electrons. The van der Waals surface area contributed by atoms with Crippen LogP contribution < -0.4 is 5.32 Å². The molecule has 8 heteroatoms. The van der Waals surface area contributed by atoms with Crippen LogP contribution in [-0.2, 0) is 27.3 Å². The third kappa shape index (κ3) is 4.93. The second-order valence-corrected chi connectivity index (χ2v) is 13.2. The van der Waals surface area contributed by atoms with E-state index >= 15 is 0 Å². The molecule has 2 saturated heterocycles. The number of anilines is 1. The van der Waals surface area contributed by atoms with E-state index in [4.69, 9.17) is 0 Å². The Morgan fingerprint density at radius 2 is 1.66 bits per heavy atom. The highest BCUT2D eigenvalue weighted by Crippen LogP contribution is 2.39. The zero-order valence-electron chi connectivity index (χ0n) is 20.3. The number of rotatable bonds is 5. The van der Waals surface area contributed by atoms with Gasteiger partial charge in [0.15, 0.2) is 0 Å².